The smallest absolute Gasteiger partial charge is 0.317 e. The molecule has 5 heteroatoms. The zero-order valence-corrected chi connectivity index (χ0v) is 14.0. The van der Waals surface area contributed by atoms with Crippen LogP contribution in [-0.4, -0.2) is 29.1 Å². The summed E-state index contributed by atoms with van der Waals surface area (Å²) in [5.74, 6) is -0.0626. The molecule has 0 aliphatic rings. The Labute approximate surface area is 141 Å². The first-order valence-corrected chi connectivity index (χ1v) is 7.98. The Hall–Kier alpha value is -2.56. The van der Waals surface area contributed by atoms with E-state index in [1.165, 1.54) is 11.0 Å². The molecule has 2 aromatic rings. The summed E-state index contributed by atoms with van der Waals surface area (Å²) in [6.07, 6.45) is 1.59. The van der Waals surface area contributed by atoms with Gasteiger partial charge in [-0.25, -0.2) is 9.18 Å². The first-order chi connectivity index (χ1) is 11.5. The van der Waals surface area contributed by atoms with Gasteiger partial charge in [0.2, 0.25) is 0 Å². The molecule has 2 rings (SSSR count). The molecule has 2 N–H and O–H groups in total. The number of benzene rings is 2. The molecular weight excluding hydrogens is 307 g/mol. The number of amides is 2. The highest BCUT2D eigenvalue weighted by Gasteiger charge is 2.13. The van der Waals surface area contributed by atoms with Crippen LogP contribution in [0.15, 0.2) is 48.5 Å². The van der Waals surface area contributed by atoms with Crippen LogP contribution in [0.1, 0.15) is 24.5 Å². The molecule has 1 unspecified atom stereocenters. The maximum atomic E-state index is 13.6. The number of aryl methyl sites for hydroxylation is 1. The summed E-state index contributed by atoms with van der Waals surface area (Å²) in [5.41, 5.74) is 1.60. The molecule has 0 bridgehead atoms. The van der Waals surface area contributed by atoms with Crippen molar-refractivity contribution in [2.24, 2.45) is 0 Å². The fraction of sp³-hybridized carbons (Fsp3) is 0.316. The van der Waals surface area contributed by atoms with Gasteiger partial charge >= 0.3 is 6.03 Å². The first kappa shape index (κ1) is 17.8. The lowest BCUT2D eigenvalue weighted by Crippen LogP contribution is -2.41. The lowest BCUT2D eigenvalue weighted by Gasteiger charge is -2.21. The molecule has 0 aromatic heterocycles. The zero-order valence-electron chi connectivity index (χ0n) is 14.0. The van der Waals surface area contributed by atoms with Crippen molar-refractivity contribution in [2.45, 2.75) is 32.4 Å². The molecule has 0 heterocycles. The average Bonchev–Trinajstić information content (AvgIpc) is 2.56. The quantitative estimate of drug-likeness (QED) is 0.848. The Bertz CT molecular complexity index is 673. The normalized spacial score (nSPS) is 11.8. The second-order valence-electron chi connectivity index (χ2n) is 6.00. The molecule has 0 radical (unpaired) electrons. The summed E-state index contributed by atoms with van der Waals surface area (Å²) in [6.45, 7) is 2.17. The highest BCUT2D eigenvalue weighted by atomic mass is 19.1. The van der Waals surface area contributed by atoms with Crippen LogP contribution in [0.4, 0.5) is 9.18 Å². The molecular formula is C19H23FN2O2. The molecule has 0 fully saturated rings. The summed E-state index contributed by atoms with van der Waals surface area (Å²) >= 11 is 0. The van der Waals surface area contributed by atoms with Crippen LogP contribution in [0.25, 0.3) is 0 Å². The number of carbonyl (C=O) groups excluding carboxylic acids is 1. The van der Waals surface area contributed by atoms with E-state index in [9.17, 15) is 14.3 Å². The largest absolute Gasteiger partial charge is 0.508 e. The van der Waals surface area contributed by atoms with Gasteiger partial charge in [0.25, 0.3) is 0 Å². The van der Waals surface area contributed by atoms with E-state index in [1.807, 2.05) is 19.1 Å². The standard InChI is InChI=1S/C19H23FN2O2/c1-14(7-8-15-9-11-17(23)12-10-15)21-19(24)22(2)13-16-5-3-4-6-18(16)20/h3-6,9-12,14,23H,7-8,13H2,1-2H3,(H,21,24). The molecule has 1 atom stereocenters. The maximum absolute atomic E-state index is 13.6. The van der Waals surface area contributed by atoms with E-state index in [0.717, 1.165) is 18.4 Å². The van der Waals surface area contributed by atoms with Crippen LogP contribution < -0.4 is 5.32 Å². The Balaban J connectivity index is 1.80. The summed E-state index contributed by atoms with van der Waals surface area (Å²) in [7, 11) is 1.65. The van der Waals surface area contributed by atoms with Gasteiger partial charge in [0.1, 0.15) is 11.6 Å². The number of hydrogen-bond donors (Lipinski definition) is 2. The third-order valence-corrected chi connectivity index (χ3v) is 3.88. The molecule has 0 aliphatic carbocycles. The zero-order chi connectivity index (χ0) is 17.5. The number of urea groups is 1. The van der Waals surface area contributed by atoms with Crippen LogP contribution in [0, 0.1) is 5.82 Å². The van der Waals surface area contributed by atoms with E-state index in [0.29, 0.717) is 5.56 Å². The van der Waals surface area contributed by atoms with Gasteiger partial charge in [-0.1, -0.05) is 30.3 Å². The summed E-state index contributed by atoms with van der Waals surface area (Å²) in [5, 5.41) is 12.2. The van der Waals surface area contributed by atoms with Gasteiger partial charge in [-0.15, -0.1) is 0 Å². The number of rotatable bonds is 6. The first-order valence-electron chi connectivity index (χ1n) is 7.98. The van der Waals surface area contributed by atoms with Crippen molar-refractivity contribution < 1.29 is 14.3 Å². The number of hydrogen-bond acceptors (Lipinski definition) is 2. The molecule has 24 heavy (non-hydrogen) atoms. The van der Waals surface area contributed by atoms with Crippen molar-refractivity contribution in [3.8, 4) is 5.75 Å². The van der Waals surface area contributed by atoms with E-state index in [-0.39, 0.29) is 30.2 Å². The minimum absolute atomic E-state index is 0.00521. The molecule has 4 nitrogen and oxygen atoms in total. The van der Waals surface area contributed by atoms with Gasteiger partial charge in [0.15, 0.2) is 0 Å². The molecule has 0 aliphatic heterocycles. The average molecular weight is 330 g/mol. The van der Waals surface area contributed by atoms with Crippen molar-refractivity contribution in [3.05, 3.63) is 65.5 Å². The van der Waals surface area contributed by atoms with Crippen molar-refractivity contribution in [1.29, 1.82) is 0 Å². The van der Waals surface area contributed by atoms with E-state index in [2.05, 4.69) is 5.32 Å². The lowest BCUT2D eigenvalue weighted by molar-refractivity contribution is 0.202. The topological polar surface area (TPSA) is 52.6 Å². The Kier molecular flexibility index (Phi) is 6.18. The number of nitrogens with zero attached hydrogens (tertiary/aromatic N) is 1. The van der Waals surface area contributed by atoms with Crippen molar-refractivity contribution in [3.63, 3.8) is 0 Å². The van der Waals surface area contributed by atoms with Gasteiger partial charge in [0, 0.05) is 25.2 Å². The predicted octanol–water partition coefficient (Wildman–Crippen LogP) is 3.69. The number of phenolic OH excluding ortho intramolecular Hbond substituents is 1. The SMILES string of the molecule is CC(CCc1ccc(O)cc1)NC(=O)N(C)Cc1ccccc1F. The third-order valence-electron chi connectivity index (χ3n) is 3.88. The Morgan fingerprint density at radius 1 is 1.21 bits per heavy atom. The molecule has 0 saturated carbocycles. The van der Waals surface area contributed by atoms with E-state index >= 15 is 0 Å². The molecule has 2 aromatic carbocycles. The van der Waals surface area contributed by atoms with Crippen LogP contribution >= 0.6 is 0 Å². The van der Waals surface area contributed by atoms with Crippen molar-refractivity contribution >= 4 is 6.03 Å². The third kappa shape index (κ3) is 5.26. The number of aromatic hydroxyl groups is 1. The molecule has 2 amide bonds. The fourth-order valence-corrected chi connectivity index (χ4v) is 2.39. The van der Waals surface area contributed by atoms with E-state index < -0.39 is 0 Å². The number of halogens is 1. The summed E-state index contributed by atoms with van der Waals surface area (Å²) in [6, 6.07) is 13.3. The second kappa shape index (κ2) is 8.34. The Morgan fingerprint density at radius 3 is 2.54 bits per heavy atom. The van der Waals surface area contributed by atoms with Crippen LogP contribution in [0.3, 0.4) is 0 Å². The molecule has 0 spiro atoms. The van der Waals surface area contributed by atoms with E-state index in [1.54, 1.807) is 37.4 Å². The predicted molar refractivity (Wildman–Crippen MR) is 92.3 cm³/mol. The molecule has 0 saturated heterocycles. The number of carbonyl (C=O) groups is 1. The van der Waals surface area contributed by atoms with Crippen LogP contribution in [0.2, 0.25) is 0 Å². The van der Waals surface area contributed by atoms with Crippen LogP contribution in [0.5, 0.6) is 5.75 Å². The van der Waals surface area contributed by atoms with Crippen molar-refractivity contribution in [2.75, 3.05) is 7.05 Å². The summed E-state index contributed by atoms with van der Waals surface area (Å²) < 4.78 is 13.6. The molecule has 128 valence electrons. The monoisotopic (exact) mass is 330 g/mol. The highest BCUT2D eigenvalue weighted by Crippen LogP contribution is 2.12. The van der Waals surface area contributed by atoms with Gasteiger partial charge < -0.3 is 15.3 Å². The highest BCUT2D eigenvalue weighted by molar-refractivity contribution is 5.74. The van der Waals surface area contributed by atoms with Gasteiger partial charge in [-0.05, 0) is 43.5 Å². The maximum Gasteiger partial charge on any atom is 0.317 e. The second-order valence-corrected chi connectivity index (χ2v) is 6.00. The Morgan fingerprint density at radius 2 is 1.88 bits per heavy atom. The van der Waals surface area contributed by atoms with Crippen molar-refractivity contribution in [1.82, 2.24) is 10.2 Å². The number of nitrogens with one attached hydrogen (secondary N) is 1. The van der Waals surface area contributed by atoms with E-state index in [4.69, 9.17) is 0 Å². The van der Waals surface area contributed by atoms with Crippen LogP contribution in [-0.2, 0) is 13.0 Å². The fourth-order valence-electron chi connectivity index (χ4n) is 2.39. The minimum Gasteiger partial charge on any atom is -0.508 e. The lowest BCUT2D eigenvalue weighted by atomic mass is 10.1. The minimum atomic E-state index is -0.308. The van der Waals surface area contributed by atoms with Gasteiger partial charge in [-0.3, -0.25) is 0 Å². The van der Waals surface area contributed by atoms with Gasteiger partial charge in [-0.2, -0.15) is 0 Å². The van der Waals surface area contributed by atoms with Gasteiger partial charge in [0.05, 0.1) is 0 Å². The number of phenols is 1. The summed E-state index contributed by atoms with van der Waals surface area (Å²) in [4.78, 5) is 13.7.